The van der Waals surface area contributed by atoms with E-state index < -0.39 is 0 Å². The van der Waals surface area contributed by atoms with E-state index in [1.54, 1.807) is 34.1 Å². The molecule has 3 amide bonds. The summed E-state index contributed by atoms with van der Waals surface area (Å²) in [5.74, 6) is -0.298. The van der Waals surface area contributed by atoms with E-state index in [2.05, 4.69) is 5.32 Å². The molecule has 2 atom stereocenters. The number of rotatable bonds is 4. The molecule has 7 nitrogen and oxygen atoms in total. The number of benzene rings is 1. The first kappa shape index (κ1) is 18.4. The Hall–Kier alpha value is -2.41. The third kappa shape index (κ3) is 4.22. The first-order chi connectivity index (χ1) is 12.4. The minimum Gasteiger partial charge on any atom is -0.372 e. The van der Waals surface area contributed by atoms with Gasteiger partial charge in [-0.25, -0.2) is 0 Å². The molecule has 2 heterocycles. The summed E-state index contributed by atoms with van der Waals surface area (Å²) in [6.07, 6.45) is 1.43. The van der Waals surface area contributed by atoms with Crippen LogP contribution in [0, 0.1) is 0 Å². The Labute approximate surface area is 153 Å². The molecule has 0 aromatic heterocycles. The summed E-state index contributed by atoms with van der Waals surface area (Å²) in [6.45, 7) is 5.62. The molecule has 0 unspecified atom stereocenters. The van der Waals surface area contributed by atoms with E-state index in [-0.39, 0.29) is 36.5 Å². The lowest BCUT2D eigenvalue weighted by molar-refractivity contribution is -0.142. The topological polar surface area (TPSA) is 79.0 Å². The van der Waals surface area contributed by atoms with Gasteiger partial charge in [-0.3, -0.25) is 14.4 Å². The highest BCUT2D eigenvalue weighted by Gasteiger charge is 2.26. The van der Waals surface area contributed by atoms with E-state index >= 15 is 0 Å². The van der Waals surface area contributed by atoms with Gasteiger partial charge in [-0.1, -0.05) is 0 Å². The van der Waals surface area contributed by atoms with E-state index in [0.717, 1.165) is 18.7 Å². The van der Waals surface area contributed by atoms with Gasteiger partial charge >= 0.3 is 0 Å². The predicted octanol–water partition coefficient (Wildman–Crippen LogP) is 1.18. The van der Waals surface area contributed by atoms with Crippen LogP contribution in [0.5, 0.6) is 0 Å². The smallest absolute Gasteiger partial charge is 0.251 e. The van der Waals surface area contributed by atoms with Gasteiger partial charge in [0.1, 0.15) is 0 Å². The van der Waals surface area contributed by atoms with Crippen molar-refractivity contribution in [3.05, 3.63) is 29.8 Å². The van der Waals surface area contributed by atoms with Crippen LogP contribution >= 0.6 is 0 Å². The van der Waals surface area contributed by atoms with Crippen molar-refractivity contribution in [2.75, 3.05) is 31.1 Å². The fourth-order valence-corrected chi connectivity index (χ4v) is 3.47. The number of ether oxygens (including phenoxy) is 1. The minimum absolute atomic E-state index is 0.000700. The molecule has 2 aliphatic heterocycles. The fraction of sp³-hybridized carbons (Fsp3) is 0.526. The number of nitrogens with one attached hydrogen (secondary N) is 1. The van der Waals surface area contributed by atoms with Gasteiger partial charge < -0.3 is 19.9 Å². The van der Waals surface area contributed by atoms with Crippen molar-refractivity contribution in [3.63, 3.8) is 0 Å². The molecule has 1 aromatic carbocycles. The molecule has 7 heteroatoms. The van der Waals surface area contributed by atoms with E-state index in [1.807, 2.05) is 13.8 Å². The summed E-state index contributed by atoms with van der Waals surface area (Å²) in [5.41, 5.74) is 1.27. The van der Waals surface area contributed by atoms with E-state index in [4.69, 9.17) is 4.74 Å². The molecule has 0 spiro atoms. The number of morpholine rings is 1. The van der Waals surface area contributed by atoms with E-state index in [0.29, 0.717) is 25.1 Å². The van der Waals surface area contributed by atoms with Crippen molar-refractivity contribution >= 4 is 23.4 Å². The maximum absolute atomic E-state index is 12.3. The number of hydrogen-bond donors (Lipinski definition) is 1. The monoisotopic (exact) mass is 359 g/mol. The van der Waals surface area contributed by atoms with Gasteiger partial charge in [0.25, 0.3) is 5.91 Å². The molecule has 0 aliphatic carbocycles. The molecule has 26 heavy (non-hydrogen) atoms. The van der Waals surface area contributed by atoms with Crippen molar-refractivity contribution in [2.45, 2.75) is 38.9 Å². The summed E-state index contributed by atoms with van der Waals surface area (Å²) in [4.78, 5) is 39.8. The molecule has 2 saturated heterocycles. The summed E-state index contributed by atoms with van der Waals surface area (Å²) in [7, 11) is 0. The van der Waals surface area contributed by atoms with Crippen molar-refractivity contribution in [2.24, 2.45) is 0 Å². The van der Waals surface area contributed by atoms with Gasteiger partial charge in [-0.05, 0) is 44.5 Å². The molecule has 0 bridgehead atoms. The maximum atomic E-state index is 12.3. The Morgan fingerprint density at radius 3 is 2.38 bits per heavy atom. The number of anilines is 1. The van der Waals surface area contributed by atoms with Gasteiger partial charge in [-0.2, -0.15) is 0 Å². The van der Waals surface area contributed by atoms with Gasteiger partial charge in [0.2, 0.25) is 11.8 Å². The lowest BCUT2D eigenvalue weighted by atomic mass is 10.2. The van der Waals surface area contributed by atoms with Crippen LogP contribution in [0.4, 0.5) is 5.69 Å². The summed E-state index contributed by atoms with van der Waals surface area (Å²) in [6, 6.07) is 6.90. The van der Waals surface area contributed by atoms with Gasteiger partial charge in [0.15, 0.2) is 0 Å². The molecule has 0 radical (unpaired) electrons. The van der Waals surface area contributed by atoms with Crippen LogP contribution in [0.15, 0.2) is 24.3 Å². The highest BCUT2D eigenvalue weighted by molar-refractivity contribution is 5.98. The van der Waals surface area contributed by atoms with E-state index in [9.17, 15) is 14.4 Å². The molecule has 2 aliphatic rings. The largest absolute Gasteiger partial charge is 0.372 e. The molecular weight excluding hydrogens is 334 g/mol. The number of nitrogens with zero attached hydrogens (tertiary/aromatic N) is 2. The lowest BCUT2D eigenvalue weighted by Crippen LogP contribution is -2.51. The SMILES string of the molecule is C[C@H]1CN(C(=O)CNC(=O)c2ccc(N3CCCC3=O)cc2)C[C@H](C)O1. The van der Waals surface area contributed by atoms with Crippen molar-refractivity contribution in [3.8, 4) is 0 Å². The average Bonchev–Trinajstić information content (AvgIpc) is 3.04. The van der Waals surface area contributed by atoms with Crippen molar-refractivity contribution in [1.29, 1.82) is 0 Å². The second-order valence-corrected chi connectivity index (χ2v) is 6.93. The third-order valence-electron chi connectivity index (χ3n) is 4.69. The van der Waals surface area contributed by atoms with Gasteiger partial charge in [-0.15, -0.1) is 0 Å². The quantitative estimate of drug-likeness (QED) is 0.876. The normalized spacial score (nSPS) is 23.2. The molecule has 1 aromatic rings. The van der Waals surface area contributed by atoms with Crippen LogP contribution in [0.25, 0.3) is 0 Å². The predicted molar refractivity (Wildman–Crippen MR) is 97.0 cm³/mol. The summed E-state index contributed by atoms with van der Waals surface area (Å²) < 4.78 is 5.61. The number of amides is 3. The van der Waals surface area contributed by atoms with Crippen LogP contribution in [-0.2, 0) is 14.3 Å². The Balaban J connectivity index is 1.53. The second-order valence-electron chi connectivity index (χ2n) is 6.93. The van der Waals surface area contributed by atoms with Crippen LogP contribution < -0.4 is 10.2 Å². The van der Waals surface area contributed by atoms with Gasteiger partial charge in [0.05, 0.1) is 18.8 Å². The molecule has 2 fully saturated rings. The molecule has 1 N–H and O–H groups in total. The number of carbonyl (C=O) groups is 3. The molecule has 140 valence electrons. The second kappa shape index (κ2) is 7.86. The van der Waals surface area contributed by atoms with E-state index in [1.165, 1.54) is 0 Å². The van der Waals surface area contributed by atoms with Crippen LogP contribution in [0.1, 0.15) is 37.0 Å². The average molecular weight is 359 g/mol. The fourth-order valence-electron chi connectivity index (χ4n) is 3.47. The standard InChI is InChI=1S/C19H25N3O4/c1-13-11-21(12-14(2)26-13)18(24)10-20-19(25)15-5-7-16(8-6-15)22-9-3-4-17(22)23/h5-8,13-14H,3-4,9-12H2,1-2H3,(H,20,25)/t13-,14-/m0/s1. The zero-order valence-electron chi connectivity index (χ0n) is 15.2. The number of hydrogen-bond acceptors (Lipinski definition) is 4. The van der Waals surface area contributed by atoms with Crippen LogP contribution in [0.3, 0.4) is 0 Å². The highest BCUT2D eigenvalue weighted by Crippen LogP contribution is 2.21. The third-order valence-corrected chi connectivity index (χ3v) is 4.69. The minimum atomic E-state index is -0.299. The van der Waals surface area contributed by atoms with Crippen molar-refractivity contribution < 1.29 is 19.1 Å². The lowest BCUT2D eigenvalue weighted by Gasteiger charge is -2.35. The van der Waals surface area contributed by atoms with Crippen LogP contribution in [-0.4, -0.2) is 61.0 Å². The molecule has 0 saturated carbocycles. The summed E-state index contributed by atoms with van der Waals surface area (Å²) in [5, 5.41) is 2.67. The Bertz CT molecular complexity index is 679. The Morgan fingerprint density at radius 2 is 1.81 bits per heavy atom. The van der Waals surface area contributed by atoms with Gasteiger partial charge in [0, 0.05) is 37.3 Å². The maximum Gasteiger partial charge on any atom is 0.251 e. The zero-order valence-corrected chi connectivity index (χ0v) is 15.2. The Kier molecular flexibility index (Phi) is 5.56. The molecular formula is C19H25N3O4. The Morgan fingerprint density at radius 1 is 1.15 bits per heavy atom. The molecule has 3 rings (SSSR count). The van der Waals surface area contributed by atoms with Crippen LogP contribution in [0.2, 0.25) is 0 Å². The first-order valence-corrected chi connectivity index (χ1v) is 9.06. The van der Waals surface area contributed by atoms with Crippen molar-refractivity contribution in [1.82, 2.24) is 10.2 Å². The zero-order chi connectivity index (χ0) is 18.7. The number of carbonyl (C=O) groups excluding carboxylic acids is 3. The summed E-state index contributed by atoms with van der Waals surface area (Å²) >= 11 is 0. The first-order valence-electron chi connectivity index (χ1n) is 9.06. The highest BCUT2D eigenvalue weighted by atomic mass is 16.5.